The first kappa shape index (κ1) is 17.5. The quantitative estimate of drug-likeness (QED) is 0.690. The molecule has 0 radical (unpaired) electrons. The summed E-state index contributed by atoms with van der Waals surface area (Å²) in [4.78, 5) is 11.7. The molecule has 118 valence electrons. The van der Waals surface area contributed by atoms with Crippen molar-refractivity contribution in [2.75, 3.05) is 11.9 Å². The summed E-state index contributed by atoms with van der Waals surface area (Å²) in [5, 5.41) is 15.0. The molecule has 0 aliphatic rings. The number of amides is 2. The molecule has 0 fully saturated rings. The minimum atomic E-state index is -0.494. The average Bonchev–Trinajstić information content (AvgIpc) is 2.44. The molecule has 1 aromatic rings. The molecule has 0 aliphatic carbocycles. The second kappa shape index (κ2) is 9.37. The minimum Gasteiger partial charge on any atom is -0.391 e. The number of benzene rings is 1. The van der Waals surface area contributed by atoms with Crippen LogP contribution >= 0.6 is 0 Å². The Balaban J connectivity index is 2.43. The molecule has 21 heavy (non-hydrogen) atoms. The molecule has 1 unspecified atom stereocenters. The molecule has 2 amide bonds. The molecular weight excluding hydrogens is 268 g/mol. The van der Waals surface area contributed by atoms with Crippen molar-refractivity contribution in [2.45, 2.75) is 52.4 Å². The number of anilines is 1. The van der Waals surface area contributed by atoms with Crippen molar-refractivity contribution in [2.24, 2.45) is 0 Å². The summed E-state index contributed by atoms with van der Waals surface area (Å²) >= 11 is 0. The van der Waals surface area contributed by atoms with Gasteiger partial charge in [-0.05, 0) is 38.0 Å². The number of urea groups is 1. The largest absolute Gasteiger partial charge is 0.391 e. The van der Waals surface area contributed by atoms with Crippen LogP contribution in [0.25, 0.3) is 0 Å². The van der Waals surface area contributed by atoms with Gasteiger partial charge in [-0.25, -0.2) is 4.79 Å². The normalized spacial score (nSPS) is 12.2. The molecule has 1 rings (SSSR count). The maximum atomic E-state index is 11.7. The third kappa shape index (κ3) is 7.68. The SMILES string of the molecule is CCCC(O)CNC(=O)Nc1cccc(COC(C)C)c1. The van der Waals surface area contributed by atoms with Crippen LogP contribution in [0, 0.1) is 0 Å². The van der Waals surface area contributed by atoms with E-state index in [1.54, 1.807) is 0 Å². The first-order valence-corrected chi connectivity index (χ1v) is 7.44. The zero-order valence-corrected chi connectivity index (χ0v) is 13.1. The van der Waals surface area contributed by atoms with Gasteiger partial charge < -0.3 is 20.5 Å². The Kier molecular flexibility index (Phi) is 7.79. The zero-order valence-electron chi connectivity index (χ0n) is 13.1. The zero-order chi connectivity index (χ0) is 15.7. The first-order chi connectivity index (χ1) is 10.0. The monoisotopic (exact) mass is 294 g/mol. The van der Waals surface area contributed by atoms with E-state index in [-0.39, 0.29) is 18.7 Å². The Morgan fingerprint density at radius 3 is 2.81 bits per heavy atom. The van der Waals surface area contributed by atoms with Crippen molar-refractivity contribution in [1.29, 1.82) is 0 Å². The van der Waals surface area contributed by atoms with E-state index in [9.17, 15) is 9.90 Å². The smallest absolute Gasteiger partial charge is 0.319 e. The highest BCUT2D eigenvalue weighted by Crippen LogP contribution is 2.12. The average molecular weight is 294 g/mol. The lowest BCUT2D eigenvalue weighted by Crippen LogP contribution is -2.35. The Morgan fingerprint density at radius 2 is 2.14 bits per heavy atom. The number of ether oxygens (including phenoxy) is 1. The van der Waals surface area contributed by atoms with Gasteiger partial charge in [-0.2, -0.15) is 0 Å². The van der Waals surface area contributed by atoms with Crippen LogP contribution in [0.4, 0.5) is 10.5 Å². The Hall–Kier alpha value is -1.59. The molecule has 0 saturated heterocycles. The second-order valence-corrected chi connectivity index (χ2v) is 5.34. The van der Waals surface area contributed by atoms with Gasteiger partial charge in [0.15, 0.2) is 0 Å². The molecule has 5 nitrogen and oxygen atoms in total. The lowest BCUT2D eigenvalue weighted by Gasteiger charge is -2.12. The van der Waals surface area contributed by atoms with Gasteiger partial charge in [-0.3, -0.25) is 0 Å². The van der Waals surface area contributed by atoms with Gasteiger partial charge >= 0.3 is 6.03 Å². The van der Waals surface area contributed by atoms with Gasteiger partial charge in [-0.15, -0.1) is 0 Å². The van der Waals surface area contributed by atoms with Crippen LogP contribution in [0.5, 0.6) is 0 Å². The molecule has 0 spiro atoms. The van der Waals surface area contributed by atoms with Crippen LogP contribution in [0.1, 0.15) is 39.2 Å². The molecule has 1 atom stereocenters. The summed E-state index contributed by atoms with van der Waals surface area (Å²) in [5.41, 5.74) is 1.72. The molecule has 0 saturated carbocycles. The van der Waals surface area contributed by atoms with Crippen LogP contribution in [-0.2, 0) is 11.3 Å². The highest BCUT2D eigenvalue weighted by Gasteiger charge is 2.06. The maximum Gasteiger partial charge on any atom is 0.319 e. The topological polar surface area (TPSA) is 70.6 Å². The fraction of sp³-hybridized carbons (Fsp3) is 0.562. The lowest BCUT2D eigenvalue weighted by molar-refractivity contribution is 0.0657. The molecule has 1 aromatic carbocycles. The summed E-state index contributed by atoms with van der Waals surface area (Å²) < 4.78 is 5.53. The van der Waals surface area contributed by atoms with Gasteiger partial charge in [-0.1, -0.05) is 25.5 Å². The van der Waals surface area contributed by atoms with Crippen LogP contribution in [0.15, 0.2) is 24.3 Å². The fourth-order valence-corrected chi connectivity index (χ4v) is 1.82. The number of hydrogen-bond acceptors (Lipinski definition) is 3. The number of aliphatic hydroxyl groups excluding tert-OH is 1. The van der Waals surface area contributed by atoms with Crippen molar-refractivity contribution in [3.8, 4) is 0 Å². The number of aliphatic hydroxyl groups is 1. The van der Waals surface area contributed by atoms with E-state index in [1.807, 2.05) is 45.0 Å². The van der Waals surface area contributed by atoms with Gasteiger partial charge in [0.25, 0.3) is 0 Å². The summed E-state index contributed by atoms with van der Waals surface area (Å²) in [7, 11) is 0. The summed E-state index contributed by atoms with van der Waals surface area (Å²) in [6.45, 7) is 6.74. The van der Waals surface area contributed by atoms with Gasteiger partial charge in [0.05, 0.1) is 18.8 Å². The van der Waals surface area contributed by atoms with Crippen molar-refractivity contribution >= 4 is 11.7 Å². The summed E-state index contributed by atoms with van der Waals surface area (Å²) in [6.07, 6.45) is 1.25. The van der Waals surface area contributed by atoms with Crippen LogP contribution in [-0.4, -0.2) is 29.9 Å². The predicted molar refractivity (Wildman–Crippen MR) is 84.3 cm³/mol. The predicted octanol–water partition coefficient (Wildman–Crippen LogP) is 2.89. The number of rotatable bonds is 8. The van der Waals surface area contributed by atoms with E-state index in [2.05, 4.69) is 10.6 Å². The van der Waals surface area contributed by atoms with E-state index in [0.717, 1.165) is 12.0 Å². The third-order valence-corrected chi connectivity index (χ3v) is 2.89. The summed E-state index contributed by atoms with van der Waals surface area (Å²) in [5.74, 6) is 0. The van der Waals surface area contributed by atoms with Crippen molar-refractivity contribution < 1.29 is 14.6 Å². The maximum absolute atomic E-state index is 11.7. The van der Waals surface area contributed by atoms with Crippen molar-refractivity contribution in [1.82, 2.24) is 5.32 Å². The molecule has 5 heteroatoms. The highest BCUT2D eigenvalue weighted by molar-refractivity contribution is 5.89. The first-order valence-electron chi connectivity index (χ1n) is 7.44. The van der Waals surface area contributed by atoms with E-state index >= 15 is 0 Å². The highest BCUT2D eigenvalue weighted by atomic mass is 16.5. The molecule has 0 heterocycles. The number of carbonyl (C=O) groups is 1. The molecule has 0 aliphatic heterocycles. The summed E-state index contributed by atoms with van der Waals surface area (Å²) in [6, 6.07) is 7.22. The fourth-order valence-electron chi connectivity index (χ4n) is 1.82. The number of hydrogen-bond donors (Lipinski definition) is 3. The van der Waals surface area contributed by atoms with E-state index in [1.165, 1.54) is 0 Å². The van der Waals surface area contributed by atoms with Crippen molar-refractivity contribution in [3.05, 3.63) is 29.8 Å². The number of nitrogens with one attached hydrogen (secondary N) is 2. The molecule has 0 aromatic heterocycles. The van der Waals surface area contributed by atoms with Gasteiger partial charge in [0, 0.05) is 12.2 Å². The Bertz CT molecular complexity index is 435. The van der Waals surface area contributed by atoms with Crippen LogP contribution in [0.2, 0.25) is 0 Å². The Morgan fingerprint density at radius 1 is 1.38 bits per heavy atom. The Labute approximate surface area is 126 Å². The van der Waals surface area contributed by atoms with Crippen LogP contribution in [0.3, 0.4) is 0 Å². The molecule has 3 N–H and O–H groups in total. The van der Waals surface area contributed by atoms with Crippen LogP contribution < -0.4 is 10.6 Å². The van der Waals surface area contributed by atoms with Gasteiger partial charge in [0.2, 0.25) is 0 Å². The van der Waals surface area contributed by atoms with E-state index in [4.69, 9.17) is 4.74 Å². The number of carbonyl (C=O) groups excluding carboxylic acids is 1. The minimum absolute atomic E-state index is 0.171. The molecular formula is C16H26N2O3. The molecule has 0 bridgehead atoms. The second-order valence-electron chi connectivity index (χ2n) is 5.34. The van der Waals surface area contributed by atoms with Gasteiger partial charge in [0.1, 0.15) is 0 Å². The van der Waals surface area contributed by atoms with E-state index < -0.39 is 6.10 Å². The third-order valence-electron chi connectivity index (χ3n) is 2.89. The standard InChI is InChI=1S/C16H26N2O3/c1-4-6-15(19)10-17-16(20)18-14-8-5-7-13(9-14)11-21-12(2)3/h5,7-9,12,15,19H,4,6,10-11H2,1-3H3,(H2,17,18,20). The lowest BCUT2D eigenvalue weighted by atomic mass is 10.2. The van der Waals surface area contributed by atoms with Crippen molar-refractivity contribution in [3.63, 3.8) is 0 Å². The van der Waals surface area contributed by atoms with E-state index in [0.29, 0.717) is 18.7 Å².